The van der Waals surface area contributed by atoms with E-state index in [1.807, 2.05) is 0 Å². The van der Waals surface area contributed by atoms with Crippen molar-refractivity contribution in [3.8, 4) is 0 Å². The maximum Gasteiger partial charge on any atom is 0.332 e. The lowest BCUT2D eigenvalue weighted by molar-refractivity contribution is 0.102. The maximum atomic E-state index is 13.0. The third-order valence-electron chi connectivity index (χ3n) is 4.18. The molecule has 1 amide bonds. The summed E-state index contributed by atoms with van der Waals surface area (Å²) in [5, 5.41) is 2.90. The molecule has 0 unspecified atom stereocenters. The zero-order valence-electron chi connectivity index (χ0n) is 16.0. The van der Waals surface area contributed by atoms with Crippen molar-refractivity contribution >= 4 is 49.1 Å². The average Bonchev–Trinajstić information content (AvgIpc) is 2.69. The molecule has 7 nitrogen and oxygen atoms in total. The molecule has 0 fully saturated rings. The highest BCUT2D eigenvalue weighted by Crippen LogP contribution is 2.24. The van der Waals surface area contributed by atoms with Crippen LogP contribution in [0.25, 0.3) is 0 Å². The van der Waals surface area contributed by atoms with Crippen molar-refractivity contribution in [2.45, 2.75) is 16.7 Å². The molecule has 2 N–H and O–H groups in total. The van der Waals surface area contributed by atoms with Gasteiger partial charge in [-0.15, -0.1) is 3.89 Å². The molecule has 0 aliphatic carbocycles. The first-order chi connectivity index (χ1) is 14.5. The highest BCUT2D eigenvalue weighted by molar-refractivity contribution is 7.92. The van der Waals surface area contributed by atoms with Gasteiger partial charge in [-0.1, -0.05) is 23.2 Å². The van der Waals surface area contributed by atoms with Crippen molar-refractivity contribution in [1.29, 1.82) is 0 Å². The third-order valence-corrected chi connectivity index (χ3v) is 6.65. The zero-order valence-corrected chi connectivity index (χ0v) is 18.4. The maximum absolute atomic E-state index is 13.0. The molecule has 0 atom stereocenters. The van der Waals surface area contributed by atoms with Gasteiger partial charge in [-0.3, -0.25) is 9.52 Å². The highest BCUT2D eigenvalue weighted by Gasteiger charge is 2.20. The summed E-state index contributed by atoms with van der Waals surface area (Å²) in [6.07, 6.45) is 0. The lowest BCUT2D eigenvalue weighted by Crippen LogP contribution is -2.19. The van der Waals surface area contributed by atoms with Crippen molar-refractivity contribution in [2.24, 2.45) is 0 Å². The molecular formula is C20H16ClFN2O5S2. The van der Waals surface area contributed by atoms with E-state index in [0.29, 0.717) is 10.6 Å². The van der Waals surface area contributed by atoms with E-state index >= 15 is 0 Å². The number of halogens is 2. The summed E-state index contributed by atoms with van der Waals surface area (Å²) in [5.41, 5.74) is 0.990. The van der Waals surface area contributed by atoms with Crippen LogP contribution >= 0.6 is 11.6 Å². The number of aryl methyl sites for hydroxylation is 1. The molecule has 0 saturated carbocycles. The molecule has 0 aromatic heterocycles. The first kappa shape index (κ1) is 22.7. The van der Waals surface area contributed by atoms with Gasteiger partial charge in [-0.05, 0) is 67.6 Å². The summed E-state index contributed by atoms with van der Waals surface area (Å²) in [5.74, 6) is -0.645. The van der Waals surface area contributed by atoms with Crippen molar-refractivity contribution in [2.75, 3.05) is 10.0 Å². The Morgan fingerprint density at radius 2 is 1.45 bits per heavy atom. The second kappa shape index (κ2) is 8.66. The van der Waals surface area contributed by atoms with E-state index in [1.54, 1.807) is 13.0 Å². The number of nitrogens with one attached hydrogen (secondary N) is 2. The SMILES string of the molecule is Cc1ccc(NS(=O)(=O)c2ccc(Cl)cc2)c(C(=O)Nc2ccc(S(=O)(=O)F)cc2)c1. The van der Waals surface area contributed by atoms with Gasteiger partial charge in [0.05, 0.1) is 21.0 Å². The van der Waals surface area contributed by atoms with Gasteiger partial charge in [0.25, 0.3) is 15.9 Å². The van der Waals surface area contributed by atoms with Crippen molar-refractivity contribution in [3.63, 3.8) is 0 Å². The van der Waals surface area contributed by atoms with E-state index in [0.717, 1.165) is 12.1 Å². The predicted molar refractivity (Wildman–Crippen MR) is 116 cm³/mol. The highest BCUT2D eigenvalue weighted by atomic mass is 35.5. The van der Waals surface area contributed by atoms with Crippen LogP contribution in [0.3, 0.4) is 0 Å². The fourth-order valence-corrected chi connectivity index (χ4v) is 4.32. The molecule has 162 valence electrons. The van der Waals surface area contributed by atoms with Crippen molar-refractivity contribution < 1.29 is 25.5 Å². The van der Waals surface area contributed by atoms with Crippen LogP contribution in [0.5, 0.6) is 0 Å². The summed E-state index contributed by atoms with van der Waals surface area (Å²) in [6.45, 7) is 1.73. The minimum Gasteiger partial charge on any atom is -0.322 e. The van der Waals surface area contributed by atoms with Crippen LogP contribution in [-0.2, 0) is 20.2 Å². The molecule has 0 saturated heterocycles. The third kappa shape index (κ3) is 5.60. The number of hydrogen-bond donors (Lipinski definition) is 2. The molecule has 0 radical (unpaired) electrons. The topological polar surface area (TPSA) is 109 Å². The molecule has 0 spiro atoms. The van der Waals surface area contributed by atoms with E-state index in [1.165, 1.54) is 48.5 Å². The number of benzene rings is 3. The molecule has 0 bridgehead atoms. The minimum atomic E-state index is -4.86. The predicted octanol–water partition coefficient (Wildman–Crippen LogP) is 4.36. The van der Waals surface area contributed by atoms with Gasteiger partial charge in [0.15, 0.2) is 0 Å². The Bertz CT molecular complexity index is 1340. The molecule has 11 heteroatoms. The molecule has 31 heavy (non-hydrogen) atoms. The Kier molecular flexibility index (Phi) is 6.35. The van der Waals surface area contributed by atoms with Crippen LogP contribution in [-0.4, -0.2) is 22.7 Å². The first-order valence-electron chi connectivity index (χ1n) is 8.71. The minimum absolute atomic E-state index is 0.0353. The number of anilines is 2. The van der Waals surface area contributed by atoms with Gasteiger partial charge in [0.1, 0.15) is 0 Å². The number of hydrogen-bond acceptors (Lipinski definition) is 5. The fraction of sp³-hybridized carbons (Fsp3) is 0.0500. The lowest BCUT2D eigenvalue weighted by Gasteiger charge is -2.14. The van der Waals surface area contributed by atoms with Gasteiger partial charge in [-0.2, -0.15) is 8.42 Å². The van der Waals surface area contributed by atoms with E-state index in [-0.39, 0.29) is 21.8 Å². The van der Waals surface area contributed by atoms with Gasteiger partial charge in [-0.25, -0.2) is 8.42 Å². The second-order valence-corrected chi connectivity index (χ2v) is 9.99. The van der Waals surface area contributed by atoms with E-state index in [2.05, 4.69) is 10.0 Å². The first-order valence-corrected chi connectivity index (χ1v) is 12.0. The zero-order chi connectivity index (χ0) is 22.8. The Morgan fingerprint density at radius 3 is 2.03 bits per heavy atom. The summed E-state index contributed by atoms with van der Waals surface area (Å²) in [6, 6.07) is 14.6. The molecule has 3 aromatic rings. The Hall–Kier alpha value is -2.95. The van der Waals surface area contributed by atoms with Gasteiger partial charge in [0.2, 0.25) is 0 Å². The van der Waals surface area contributed by atoms with Crippen LogP contribution in [0.2, 0.25) is 5.02 Å². The van der Waals surface area contributed by atoms with Crippen LogP contribution < -0.4 is 10.0 Å². The van der Waals surface area contributed by atoms with Crippen LogP contribution in [0.1, 0.15) is 15.9 Å². The number of carbonyl (C=O) groups is 1. The normalized spacial score (nSPS) is 11.7. The van der Waals surface area contributed by atoms with E-state index in [4.69, 9.17) is 11.6 Å². The molecule has 3 rings (SSSR count). The molecule has 3 aromatic carbocycles. The van der Waals surface area contributed by atoms with E-state index in [9.17, 15) is 25.5 Å². The number of amides is 1. The summed E-state index contributed by atoms with van der Waals surface area (Å²) >= 11 is 5.80. The van der Waals surface area contributed by atoms with Crippen molar-refractivity contribution in [3.05, 3.63) is 82.9 Å². The average molecular weight is 483 g/mol. The molecular weight excluding hydrogens is 467 g/mol. The lowest BCUT2D eigenvalue weighted by atomic mass is 10.1. The largest absolute Gasteiger partial charge is 0.332 e. The summed E-state index contributed by atoms with van der Waals surface area (Å²) in [4.78, 5) is 12.2. The van der Waals surface area contributed by atoms with E-state index < -0.39 is 31.0 Å². The number of sulfonamides is 1. The van der Waals surface area contributed by atoms with Gasteiger partial charge < -0.3 is 5.32 Å². The Balaban J connectivity index is 1.89. The molecule has 0 aliphatic rings. The standard InChI is InChI=1S/C20H16ClFN2O5S2/c1-13-2-11-19(24-31(28,29)17-7-3-14(21)4-8-17)18(12-13)20(25)23-15-5-9-16(10-6-15)30(22,26)27/h2-12,24H,1H3,(H,23,25). The Labute approximate surface area is 184 Å². The summed E-state index contributed by atoms with van der Waals surface area (Å²) < 4.78 is 62.6. The smallest absolute Gasteiger partial charge is 0.322 e. The number of carbonyl (C=O) groups excluding carboxylic acids is 1. The fourth-order valence-electron chi connectivity index (χ4n) is 2.65. The second-order valence-electron chi connectivity index (χ2n) is 6.52. The van der Waals surface area contributed by atoms with Crippen LogP contribution in [0.4, 0.5) is 15.3 Å². The van der Waals surface area contributed by atoms with Crippen LogP contribution in [0, 0.1) is 6.92 Å². The monoisotopic (exact) mass is 482 g/mol. The van der Waals surface area contributed by atoms with Gasteiger partial charge in [0, 0.05) is 10.7 Å². The van der Waals surface area contributed by atoms with Gasteiger partial charge >= 0.3 is 10.2 Å². The molecule has 0 aliphatic heterocycles. The quantitative estimate of drug-likeness (QED) is 0.507. The number of rotatable bonds is 6. The van der Waals surface area contributed by atoms with Crippen molar-refractivity contribution in [1.82, 2.24) is 0 Å². The van der Waals surface area contributed by atoms with Crippen LogP contribution in [0.15, 0.2) is 76.5 Å². The Morgan fingerprint density at radius 1 is 0.871 bits per heavy atom. The molecule has 0 heterocycles. The summed E-state index contributed by atoms with van der Waals surface area (Å²) in [7, 11) is -8.85.